The molecule has 0 aliphatic carbocycles. The smallest absolute Gasteiger partial charge is 0.408 e. The van der Waals surface area contributed by atoms with E-state index >= 15 is 0 Å². The molecule has 9 nitrogen and oxygen atoms in total. The van der Waals surface area contributed by atoms with E-state index in [-0.39, 0.29) is 25.2 Å². The van der Waals surface area contributed by atoms with Crippen molar-refractivity contribution in [1.29, 1.82) is 0 Å². The summed E-state index contributed by atoms with van der Waals surface area (Å²) in [5, 5.41) is 13.7. The fourth-order valence-electron chi connectivity index (χ4n) is 1.67. The Hall–Kier alpha value is -1.97. The van der Waals surface area contributed by atoms with E-state index in [9.17, 15) is 19.2 Å². The fraction of sp³-hybridized carbons (Fsp3) is 0.733. The molecular formula is C15H26N2O7S. The number of carbonyl (C=O) groups is 4. The third-order valence-electron chi connectivity index (χ3n) is 2.74. The first-order valence-corrected chi connectivity index (χ1v) is 8.42. The Balaban J connectivity index is 4.55. The molecule has 0 aromatic carbocycles. The number of carboxylic acid groups (broad SMARTS) is 1. The molecule has 0 aromatic rings. The van der Waals surface area contributed by atoms with E-state index < -0.39 is 41.6 Å². The molecule has 0 aliphatic heterocycles. The van der Waals surface area contributed by atoms with Crippen molar-refractivity contribution in [2.45, 2.75) is 58.2 Å². The minimum atomic E-state index is -1.30. The number of carbonyl (C=O) groups excluding carboxylic acids is 3. The van der Waals surface area contributed by atoms with Crippen LogP contribution in [0.1, 0.15) is 40.5 Å². The summed E-state index contributed by atoms with van der Waals surface area (Å²) in [6.45, 7) is 6.73. The summed E-state index contributed by atoms with van der Waals surface area (Å²) in [4.78, 5) is 46.3. The Labute approximate surface area is 152 Å². The molecule has 0 fully saturated rings. The number of nitrogens with one attached hydrogen (secondary N) is 2. The van der Waals surface area contributed by atoms with Gasteiger partial charge in [0.1, 0.15) is 17.7 Å². The highest BCUT2D eigenvalue weighted by atomic mass is 32.1. The van der Waals surface area contributed by atoms with E-state index in [4.69, 9.17) is 14.6 Å². The van der Waals surface area contributed by atoms with Crippen molar-refractivity contribution in [2.24, 2.45) is 0 Å². The summed E-state index contributed by atoms with van der Waals surface area (Å²) in [5.41, 5.74) is -0.774. The van der Waals surface area contributed by atoms with Crippen LogP contribution in [-0.4, -0.2) is 59.1 Å². The molecule has 0 spiro atoms. The van der Waals surface area contributed by atoms with Crippen molar-refractivity contribution < 1.29 is 33.8 Å². The van der Waals surface area contributed by atoms with Gasteiger partial charge in [0.05, 0.1) is 6.61 Å². The van der Waals surface area contributed by atoms with Gasteiger partial charge in [0, 0.05) is 12.2 Å². The lowest BCUT2D eigenvalue weighted by molar-refractivity contribution is -0.147. The molecule has 0 saturated carbocycles. The second kappa shape index (κ2) is 10.8. The zero-order valence-electron chi connectivity index (χ0n) is 14.8. The van der Waals surface area contributed by atoms with Crippen molar-refractivity contribution in [3.63, 3.8) is 0 Å². The predicted octanol–water partition coefficient (Wildman–Crippen LogP) is 0.722. The van der Waals surface area contributed by atoms with Crippen LogP contribution in [0, 0.1) is 0 Å². The van der Waals surface area contributed by atoms with Crippen molar-refractivity contribution in [1.82, 2.24) is 10.6 Å². The summed E-state index contributed by atoms with van der Waals surface area (Å²) < 4.78 is 9.77. The number of rotatable bonds is 9. The van der Waals surface area contributed by atoms with E-state index in [2.05, 4.69) is 23.3 Å². The van der Waals surface area contributed by atoms with Gasteiger partial charge in [-0.3, -0.25) is 4.79 Å². The van der Waals surface area contributed by atoms with Gasteiger partial charge in [-0.25, -0.2) is 14.4 Å². The van der Waals surface area contributed by atoms with Gasteiger partial charge in [-0.2, -0.15) is 12.6 Å². The van der Waals surface area contributed by atoms with Crippen LogP contribution >= 0.6 is 12.6 Å². The maximum Gasteiger partial charge on any atom is 0.408 e. The van der Waals surface area contributed by atoms with Crippen LogP contribution in [0.4, 0.5) is 4.79 Å². The van der Waals surface area contributed by atoms with Gasteiger partial charge in [-0.05, 0) is 34.1 Å². The average molecular weight is 378 g/mol. The SMILES string of the molecule is CCOC(=O)[C@H](CS)NC(=O)CCC(NC(=O)OC(C)(C)C)C(=O)O. The molecule has 0 heterocycles. The van der Waals surface area contributed by atoms with Crippen LogP contribution in [0.3, 0.4) is 0 Å². The lowest BCUT2D eigenvalue weighted by Gasteiger charge is -2.22. The first-order valence-electron chi connectivity index (χ1n) is 7.79. The van der Waals surface area contributed by atoms with Crippen LogP contribution < -0.4 is 10.6 Å². The number of thiol groups is 1. The van der Waals surface area contributed by atoms with Gasteiger partial charge in [0.2, 0.25) is 5.91 Å². The quantitative estimate of drug-likeness (QED) is 0.343. The van der Waals surface area contributed by atoms with Gasteiger partial charge in [0.15, 0.2) is 0 Å². The summed E-state index contributed by atoms with van der Waals surface area (Å²) >= 11 is 3.97. The van der Waals surface area contributed by atoms with Crippen molar-refractivity contribution in [3.05, 3.63) is 0 Å². The zero-order chi connectivity index (χ0) is 19.6. The lowest BCUT2D eigenvalue weighted by Crippen LogP contribution is -2.46. The number of hydrogen-bond donors (Lipinski definition) is 4. The standard InChI is InChI=1S/C15H26N2O7S/c1-5-23-13(21)10(8-25)16-11(18)7-6-9(12(19)20)17-14(22)24-15(2,3)4/h9-10,25H,5-8H2,1-4H3,(H,16,18)(H,17,22)(H,19,20)/t9?,10-/m0/s1. The highest BCUT2D eigenvalue weighted by Gasteiger charge is 2.26. The van der Waals surface area contributed by atoms with Crippen LogP contribution in [0.5, 0.6) is 0 Å². The lowest BCUT2D eigenvalue weighted by atomic mass is 10.1. The number of aliphatic carboxylic acids is 1. The molecule has 1 unspecified atom stereocenters. The van der Waals surface area contributed by atoms with E-state index in [1.54, 1.807) is 27.7 Å². The first-order chi connectivity index (χ1) is 11.5. The van der Waals surface area contributed by atoms with Gasteiger partial charge >= 0.3 is 18.0 Å². The molecular weight excluding hydrogens is 352 g/mol. The normalized spacial score (nSPS) is 13.3. The van der Waals surface area contributed by atoms with Crippen LogP contribution in [-0.2, 0) is 23.9 Å². The number of hydrogen-bond acceptors (Lipinski definition) is 7. The monoisotopic (exact) mass is 378 g/mol. The van der Waals surface area contributed by atoms with E-state index in [0.29, 0.717) is 0 Å². The molecule has 25 heavy (non-hydrogen) atoms. The molecule has 0 rings (SSSR count). The molecule has 2 atom stereocenters. The summed E-state index contributed by atoms with van der Waals surface area (Å²) in [7, 11) is 0. The molecule has 0 saturated heterocycles. The highest BCUT2D eigenvalue weighted by molar-refractivity contribution is 7.80. The largest absolute Gasteiger partial charge is 0.480 e. The number of amides is 2. The van der Waals surface area contributed by atoms with Gasteiger partial charge in [0.25, 0.3) is 0 Å². The Morgan fingerprint density at radius 2 is 1.72 bits per heavy atom. The third kappa shape index (κ3) is 10.5. The number of esters is 1. The van der Waals surface area contributed by atoms with Crippen molar-refractivity contribution in [2.75, 3.05) is 12.4 Å². The minimum Gasteiger partial charge on any atom is -0.480 e. The first kappa shape index (κ1) is 23.0. The van der Waals surface area contributed by atoms with Crippen LogP contribution in [0.15, 0.2) is 0 Å². The maximum atomic E-state index is 11.9. The molecule has 0 bridgehead atoms. The number of carboxylic acids is 1. The molecule has 144 valence electrons. The topological polar surface area (TPSA) is 131 Å². The Morgan fingerprint density at radius 1 is 1.12 bits per heavy atom. The highest BCUT2D eigenvalue weighted by Crippen LogP contribution is 2.08. The van der Waals surface area contributed by atoms with Crippen LogP contribution in [0.2, 0.25) is 0 Å². The second-order valence-electron chi connectivity index (χ2n) is 6.13. The maximum absolute atomic E-state index is 11.9. The predicted molar refractivity (Wildman–Crippen MR) is 92.4 cm³/mol. The van der Waals surface area contributed by atoms with Gasteiger partial charge < -0.3 is 25.2 Å². The number of alkyl carbamates (subject to hydrolysis) is 1. The van der Waals surface area contributed by atoms with E-state index in [1.807, 2.05) is 0 Å². The van der Waals surface area contributed by atoms with E-state index in [0.717, 1.165) is 0 Å². The Bertz CT molecular complexity index is 491. The summed E-state index contributed by atoms with van der Waals surface area (Å²) in [6, 6.07) is -2.21. The molecule has 0 radical (unpaired) electrons. The van der Waals surface area contributed by atoms with Crippen LogP contribution in [0.25, 0.3) is 0 Å². The molecule has 10 heteroatoms. The zero-order valence-corrected chi connectivity index (χ0v) is 15.7. The summed E-state index contributed by atoms with van der Waals surface area (Å²) in [6.07, 6.45) is -1.26. The fourth-order valence-corrected chi connectivity index (χ4v) is 1.91. The minimum absolute atomic E-state index is 0.0447. The Morgan fingerprint density at radius 3 is 2.16 bits per heavy atom. The van der Waals surface area contributed by atoms with Gasteiger partial charge in [-0.15, -0.1) is 0 Å². The summed E-state index contributed by atoms with van der Waals surface area (Å²) in [5.74, 6) is -2.42. The molecule has 2 amide bonds. The van der Waals surface area contributed by atoms with E-state index in [1.165, 1.54) is 0 Å². The Kier molecular flexibility index (Phi) is 9.95. The molecule has 0 aromatic heterocycles. The second-order valence-corrected chi connectivity index (χ2v) is 6.50. The average Bonchev–Trinajstić information content (AvgIpc) is 2.46. The van der Waals surface area contributed by atoms with Crippen molar-refractivity contribution in [3.8, 4) is 0 Å². The van der Waals surface area contributed by atoms with Crippen molar-refractivity contribution >= 4 is 36.6 Å². The number of ether oxygens (including phenoxy) is 2. The van der Waals surface area contributed by atoms with Gasteiger partial charge in [-0.1, -0.05) is 0 Å². The molecule has 0 aliphatic rings. The third-order valence-corrected chi connectivity index (χ3v) is 3.10. The molecule has 3 N–H and O–H groups in total.